The monoisotopic (exact) mass is 317 g/mol. The van der Waals surface area contributed by atoms with Crippen LogP contribution in [0.15, 0.2) is 52.2 Å². The lowest BCUT2D eigenvalue weighted by atomic mass is 10.2. The fraction of sp³-hybridized carbons (Fsp3) is 0.353. The van der Waals surface area contributed by atoms with Crippen LogP contribution in [-0.2, 0) is 17.9 Å². The molecule has 2 aromatic rings. The molecule has 0 amide bonds. The quantitative estimate of drug-likeness (QED) is 0.447. The number of benzene rings is 1. The van der Waals surface area contributed by atoms with E-state index in [2.05, 4.69) is 51.5 Å². The van der Waals surface area contributed by atoms with E-state index in [0.29, 0.717) is 19.8 Å². The van der Waals surface area contributed by atoms with Crippen LogP contribution in [0, 0.1) is 0 Å². The van der Waals surface area contributed by atoms with E-state index < -0.39 is 0 Å². The van der Waals surface area contributed by atoms with Crippen LogP contribution in [0.4, 0.5) is 0 Å². The molecule has 4 nitrogen and oxygen atoms in total. The first-order valence-corrected chi connectivity index (χ1v) is 8.47. The van der Waals surface area contributed by atoms with E-state index in [1.165, 1.54) is 11.1 Å². The van der Waals surface area contributed by atoms with Crippen LogP contribution in [-0.4, -0.2) is 25.7 Å². The molecule has 1 aromatic carbocycles. The van der Waals surface area contributed by atoms with Gasteiger partial charge in [-0.2, -0.15) is 11.3 Å². The number of ether oxygens (including phenoxy) is 1. The zero-order valence-electron chi connectivity index (χ0n) is 12.9. The van der Waals surface area contributed by atoms with E-state index in [-0.39, 0.29) is 0 Å². The Kier molecular flexibility index (Phi) is 7.49. The minimum absolute atomic E-state index is 0.644. The van der Waals surface area contributed by atoms with Crippen LogP contribution in [0.1, 0.15) is 18.1 Å². The highest BCUT2D eigenvalue weighted by atomic mass is 32.1. The van der Waals surface area contributed by atoms with Gasteiger partial charge in [-0.15, -0.1) is 0 Å². The number of nitrogens with one attached hydrogen (secondary N) is 2. The van der Waals surface area contributed by atoms with Gasteiger partial charge in [0.25, 0.3) is 0 Å². The van der Waals surface area contributed by atoms with Gasteiger partial charge in [-0.05, 0) is 34.9 Å². The van der Waals surface area contributed by atoms with Crippen molar-refractivity contribution in [3.05, 3.63) is 58.3 Å². The molecule has 2 N–H and O–H groups in total. The van der Waals surface area contributed by atoms with E-state index in [1.807, 2.05) is 18.2 Å². The largest absolute Gasteiger partial charge is 0.375 e. The number of hydrogen-bond donors (Lipinski definition) is 2. The maximum Gasteiger partial charge on any atom is 0.191 e. The Hall–Kier alpha value is -1.85. The molecule has 0 aliphatic rings. The Balaban J connectivity index is 1.66. The number of aliphatic imine (C=N–C) groups is 1. The van der Waals surface area contributed by atoms with E-state index in [0.717, 1.165) is 19.0 Å². The molecule has 2 rings (SSSR count). The number of thiophene rings is 1. The lowest BCUT2D eigenvalue weighted by Gasteiger charge is -2.11. The van der Waals surface area contributed by atoms with E-state index in [1.54, 1.807) is 11.3 Å². The van der Waals surface area contributed by atoms with Gasteiger partial charge in [-0.3, -0.25) is 0 Å². The number of hydrogen-bond acceptors (Lipinski definition) is 3. The number of guanidine groups is 1. The Morgan fingerprint density at radius 1 is 1.14 bits per heavy atom. The normalized spacial score (nSPS) is 11.4. The van der Waals surface area contributed by atoms with Gasteiger partial charge in [-0.25, -0.2) is 4.99 Å². The molecule has 0 unspecified atom stereocenters. The third-order valence-corrected chi connectivity index (χ3v) is 3.73. The summed E-state index contributed by atoms with van der Waals surface area (Å²) < 4.78 is 5.66. The number of nitrogens with zero attached hydrogens (tertiary/aromatic N) is 1. The standard InChI is InChI=1S/C17H23N3OS/c1-2-18-17(20-12-16-8-11-22-14-16)19-9-10-21-13-15-6-4-3-5-7-15/h3-8,11,14H,2,9-10,12-13H2,1H3,(H2,18,19,20). The summed E-state index contributed by atoms with van der Waals surface area (Å²) in [5.74, 6) is 0.831. The van der Waals surface area contributed by atoms with Gasteiger partial charge in [0.1, 0.15) is 0 Å². The van der Waals surface area contributed by atoms with Crippen molar-refractivity contribution < 1.29 is 4.74 Å². The summed E-state index contributed by atoms with van der Waals surface area (Å²) in [6.45, 7) is 5.64. The van der Waals surface area contributed by atoms with Crippen molar-refractivity contribution in [2.75, 3.05) is 19.7 Å². The molecule has 5 heteroatoms. The molecule has 0 saturated heterocycles. The van der Waals surface area contributed by atoms with Gasteiger partial charge in [0.05, 0.1) is 19.8 Å². The van der Waals surface area contributed by atoms with Crippen LogP contribution >= 0.6 is 11.3 Å². The van der Waals surface area contributed by atoms with Crippen LogP contribution < -0.4 is 10.6 Å². The zero-order chi connectivity index (χ0) is 15.5. The van der Waals surface area contributed by atoms with Gasteiger partial charge in [0, 0.05) is 13.1 Å². The summed E-state index contributed by atoms with van der Waals surface area (Å²) in [5.41, 5.74) is 2.43. The van der Waals surface area contributed by atoms with Crippen LogP contribution in [0.3, 0.4) is 0 Å². The summed E-state index contributed by atoms with van der Waals surface area (Å²) in [5, 5.41) is 10.7. The van der Waals surface area contributed by atoms with Crippen LogP contribution in [0.25, 0.3) is 0 Å². The predicted octanol–water partition coefficient (Wildman–Crippen LogP) is 3.02. The smallest absolute Gasteiger partial charge is 0.191 e. The topological polar surface area (TPSA) is 45.7 Å². The second-order valence-corrected chi connectivity index (χ2v) is 5.57. The first kappa shape index (κ1) is 16.5. The summed E-state index contributed by atoms with van der Waals surface area (Å²) in [6, 6.07) is 12.3. The van der Waals surface area contributed by atoms with Crippen molar-refractivity contribution in [2.24, 2.45) is 4.99 Å². The molecule has 0 atom stereocenters. The molecule has 0 spiro atoms. The van der Waals surface area contributed by atoms with E-state index in [9.17, 15) is 0 Å². The molecule has 1 heterocycles. The Morgan fingerprint density at radius 2 is 2.00 bits per heavy atom. The highest BCUT2D eigenvalue weighted by Crippen LogP contribution is 2.06. The highest BCUT2D eigenvalue weighted by Gasteiger charge is 1.98. The maximum atomic E-state index is 5.66. The van der Waals surface area contributed by atoms with Crippen molar-refractivity contribution in [2.45, 2.75) is 20.1 Å². The SMILES string of the molecule is CCNC(=NCc1ccsc1)NCCOCc1ccccc1. The van der Waals surface area contributed by atoms with Crippen LogP contribution in [0.2, 0.25) is 0 Å². The molecule has 1 aromatic heterocycles. The first-order chi connectivity index (χ1) is 10.9. The minimum Gasteiger partial charge on any atom is -0.375 e. The molecule has 0 aliphatic carbocycles. The summed E-state index contributed by atoms with van der Waals surface area (Å²) in [4.78, 5) is 4.56. The molecule has 0 aliphatic heterocycles. The summed E-state index contributed by atoms with van der Waals surface area (Å²) in [7, 11) is 0. The second-order valence-electron chi connectivity index (χ2n) is 4.79. The maximum absolute atomic E-state index is 5.66. The minimum atomic E-state index is 0.644. The third kappa shape index (κ3) is 6.28. The zero-order valence-corrected chi connectivity index (χ0v) is 13.7. The van der Waals surface area contributed by atoms with Crippen molar-refractivity contribution in [1.29, 1.82) is 0 Å². The van der Waals surface area contributed by atoms with Crippen molar-refractivity contribution in [1.82, 2.24) is 10.6 Å². The summed E-state index contributed by atoms with van der Waals surface area (Å²) >= 11 is 1.70. The Morgan fingerprint density at radius 3 is 2.73 bits per heavy atom. The average Bonchev–Trinajstić information content (AvgIpc) is 3.06. The molecule has 0 saturated carbocycles. The van der Waals surface area contributed by atoms with Crippen molar-refractivity contribution in [3.63, 3.8) is 0 Å². The van der Waals surface area contributed by atoms with Gasteiger partial charge in [0.2, 0.25) is 0 Å². The van der Waals surface area contributed by atoms with Gasteiger partial charge < -0.3 is 15.4 Å². The molecule has 118 valence electrons. The second kappa shape index (κ2) is 9.97. The molecular weight excluding hydrogens is 294 g/mol. The summed E-state index contributed by atoms with van der Waals surface area (Å²) in [6.07, 6.45) is 0. The van der Waals surface area contributed by atoms with Gasteiger partial charge in [-0.1, -0.05) is 30.3 Å². The molecule has 0 radical (unpaired) electrons. The Bertz CT molecular complexity index is 540. The van der Waals surface area contributed by atoms with E-state index >= 15 is 0 Å². The molecule has 0 bridgehead atoms. The lowest BCUT2D eigenvalue weighted by molar-refractivity contribution is 0.125. The fourth-order valence-electron chi connectivity index (χ4n) is 1.90. The Labute approximate surface area is 136 Å². The van der Waals surface area contributed by atoms with Crippen LogP contribution in [0.5, 0.6) is 0 Å². The molecular formula is C17H23N3OS. The number of rotatable bonds is 8. The van der Waals surface area contributed by atoms with Crippen molar-refractivity contribution >= 4 is 17.3 Å². The lowest BCUT2D eigenvalue weighted by Crippen LogP contribution is -2.38. The van der Waals surface area contributed by atoms with Gasteiger partial charge >= 0.3 is 0 Å². The van der Waals surface area contributed by atoms with Gasteiger partial charge in [0.15, 0.2) is 5.96 Å². The average molecular weight is 317 g/mol. The highest BCUT2D eigenvalue weighted by molar-refractivity contribution is 7.07. The molecule has 22 heavy (non-hydrogen) atoms. The predicted molar refractivity (Wildman–Crippen MR) is 93.2 cm³/mol. The molecule has 0 fully saturated rings. The first-order valence-electron chi connectivity index (χ1n) is 7.53. The van der Waals surface area contributed by atoms with Crippen molar-refractivity contribution in [3.8, 4) is 0 Å². The fourth-order valence-corrected chi connectivity index (χ4v) is 2.56. The third-order valence-electron chi connectivity index (χ3n) is 2.99. The van der Waals surface area contributed by atoms with E-state index in [4.69, 9.17) is 4.74 Å².